The van der Waals surface area contributed by atoms with Gasteiger partial charge in [0.1, 0.15) is 18.2 Å². The Morgan fingerprint density at radius 2 is 1.91 bits per heavy atom. The molecule has 0 aliphatic carbocycles. The average molecular weight is 469 g/mol. The Labute approximate surface area is 200 Å². The van der Waals surface area contributed by atoms with Crippen LogP contribution in [0.3, 0.4) is 0 Å². The van der Waals surface area contributed by atoms with Gasteiger partial charge in [-0.25, -0.2) is 4.98 Å². The molecule has 1 unspecified atom stereocenters. The van der Waals surface area contributed by atoms with Crippen LogP contribution >= 0.6 is 0 Å². The van der Waals surface area contributed by atoms with Gasteiger partial charge in [0, 0.05) is 11.9 Å². The Kier molecular flexibility index (Phi) is 5.29. The molecule has 4 heterocycles. The molecule has 2 aromatic carbocycles. The first-order chi connectivity index (χ1) is 17.2. The number of aromatic amines is 1. The molecule has 9 heteroatoms. The van der Waals surface area contributed by atoms with Gasteiger partial charge in [0.05, 0.1) is 23.0 Å². The van der Waals surface area contributed by atoms with Gasteiger partial charge >= 0.3 is 0 Å². The summed E-state index contributed by atoms with van der Waals surface area (Å²) < 4.78 is 13.5. The van der Waals surface area contributed by atoms with E-state index in [1.165, 1.54) is 0 Å². The van der Waals surface area contributed by atoms with E-state index in [4.69, 9.17) is 14.5 Å². The maximum Gasteiger partial charge on any atom is 0.268 e. The minimum absolute atomic E-state index is 0.152. The highest BCUT2D eigenvalue weighted by atomic mass is 16.6. The molecule has 1 aliphatic rings. The molecule has 2 N–H and O–H groups in total. The van der Waals surface area contributed by atoms with Gasteiger partial charge in [-0.15, -0.1) is 0 Å². The largest absolute Gasteiger partial charge is 0.486 e. The molecule has 1 atom stereocenters. The third-order valence-electron chi connectivity index (χ3n) is 6.06. The van der Waals surface area contributed by atoms with Crippen LogP contribution in [-0.4, -0.2) is 44.0 Å². The zero-order chi connectivity index (χ0) is 23.8. The third-order valence-corrected chi connectivity index (χ3v) is 6.06. The predicted molar refractivity (Wildman–Crippen MR) is 134 cm³/mol. The van der Waals surface area contributed by atoms with Gasteiger partial charge in [-0.05, 0) is 30.7 Å². The standard InChI is InChI=1S/C26H24N6O3/c1-2-8-19-22-23(31-30-19)18-14-28-26(27-13-17-15-34-20-11-6-7-12-21(20)35-17)29-24(18)32(25(22)33)16-9-4-3-5-10-16/h3-7,9-12,14,17H,2,8,13,15H2,1H3,(H,30,31)(H,27,28,29). The summed E-state index contributed by atoms with van der Waals surface area (Å²) in [5, 5.41) is 12.0. The number of pyridine rings is 1. The first-order valence-corrected chi connectivity index (χ1v) is 11.7. The van der Waals surface area contributed by atoms with Crippen LogP contribution in [0.1, 0.15) is 19.0 Å². The fourth-order valence-electron chi connectivity index (χ4n) is 4.42. The van der Waals surface area contributed by atoms with Gasteiger partial charge < -0.3 is 14.8 Å². The van der Waals surface area contributed by atoms with Crippen molar-refractivity contribution in [1.29, 1.82) is 0 Å². The summed E-state index contributed by atoms with van der Waals surface area (Å²) in [4.78, 5) is 23.0. The SMILES string of the molecule is CCCc1[nH]nc2c1c(=O)n(-c1ccccc1)c1nc(NCC3COc4ccccc4O3)ncc21. The molecular formula is C26H24N6O3. The number of nitrogens with one attached hydrogen (secondary N) is 2. The number of rotatable bonds is 6. The molecule has 0 spiro atoms. The molecule has 6 rings (SSSR count). The lowest BCUT2D eigenvalue weighted by Crippen LogP contribution is -2.35. The number of nitrogens with zero attached hydrogens (tertiary/aromatic N) is 4. The Hall–Kier alpha value is -4.40. The van der Waals surface area contributed by atoms with Crippen LogP contribution in [0.4, 0.5) is 5.95 Å². The summed E-state index contributed by atoms with van der Waals surface area (Å²) in [6.45, 7) is 2.94. The molecule has 3 aromatic heterocycles. The Bertz CT molecular complexity index is 1580. The predicted octanol–water partition coefficient (Wildman–Crippen LogP) is 3.86. The number of benzene rings is 2. The van der Waals surface area contributed by atoms with Crippen molar-refractivity contribution in [1.82, 2.24) is 24.7 Å². The van der Waals surface area contributed by atoms with E-state index in [2.05, 4.69) is 27.4 Å². The smallest absolute Gasteiger partial charge is 0.268 e. The number of anilines is 1. The molecule has 0 saturated carbocycles. The van der Waals surface area contributed by atoms with Crippen LogP contribution in [0.15, 0.2) is 65.6 Å². The van der Waals surface area contributed by atoms with Gasteiger partial charge in [-0.2, -0.15) is 10.1 Å². The third kappa shape index (κ3) is 3.74. The molecule has 35 heavy (non-hydrogen) atoms. The van der Waals surface area contributed by atoms with Crippen molar-refractivity contribution in [2.75, 3.05) is 18.5 Å². The molecular weight excluding hydrogens is 444 g/mol. The second-order valence-electron chi connectivity index (χ2n) is 8.46. The number of aromatic nitrogens is 5. The summed E-state index contributed by atoms with van der Waals surface area (Å²) in [5.41, 5.74) is 2.50. The highest BCUT2D eigenvalue weighted by Gasteiger charge is 2.22. The van der Waals surface area contributed by atoms with Crippen LogP contribution in [-0.2, 0) is 6.42 Å². The maximum absolute atomic E-state index is 13.7. The number of fused-ring (bicyclic) bond motifs is 4. The van der Waals surface area contributed by atoms with Crippen molar-refractivity contribution in [3.05, 3.63) is 76.8 Å². The van der Waals surface area contributed by atoms with E-state index < -0.39 is 0 Å². The molecule has 0 radical (unpaired) electrons. The van der Waals surface area contributed by atoms with E-state index in [9.17, 15) is 4.79 Å². The minimum atomic E-state index is -0.203. The van der Waals surface area contributed by atoms with Gasteiger partial charge in [-0.3, -0.25) is 14.5 Å². The van der Waals surface area contributed by atoms with Gasteiger partial charge in [0.15, 0.2) is 17.1 Å². The maximum atomic E-state index is 13.7. The van der Waals surface area contributed by atoms with E-state index in [1.807, 2.05) is 54.6 Å². The second kappa shape index (κ2) is 8.75. The van der Waals surface area contributed by atoms with Gasteiger partial charge in [-0.1, -0.05) is 43.7 Å². The summed E-state index contributed by atoms with van der Waals surface area (Å²) >= 11 is 0. The van der Waals surface area contributed by atoms with Crippen molar-refractivity contribution < 1.29 is 9.47 Å². The average Bonchev–Trinajstić information content (AvgIpc) is 3.32. The summed E-state index contributed by atoms with van der Waals surface area (Å²) in [5.74, 6) is 1.85. The Morgan fingerprint density at radius 3 is 2.74 bits per heavy atom. The Morgan fingerprint density at radius 1 is 1.11 bits per heavy atom. The topological polar surface area (TPSA) is 107 Å². The van der Waals surface area contributed by atoms with Crippen molar-refractivity contribution in [3.63, 3.8) is 0 Å². The molecule has 9 nitrogen and oxygen atoms in total. The first-order valence-electron chi connectivity index (χ1n) is 11.7. The van der Waals surface area contributed by atoms with E-state index in [0.717, 1.165) is 30.0 Å². The monoisotopic (exact) mass is 468 g/mol. The van der Waals surface area contributed by atoms with E-state index in [0.29, 0.717) is 46.8 Å². The number of aryl methyl sites for hydroxylation is 1. The molecule has 5 aromatic rings. The lowest BCUT2D eigenvalue weighted by Gasteiger charge is -2.26. The normalized spacial score (nSPS) is 14.9. The Balaban J connectivity index is 1.40. The number of para-hydroxylation sites is 3. The fourth-order valence-corrected chi connectivity index (χ4v) is 4.42. The summed E-state index contributed by atoms with van der Waals surface area (Å²) in [7, 11) is 0. The first kappa shape index (κ1) is 21.2. The van der Waals surface area contributed by atoms with E-state index in [-0.39, 0.29) is 11.7 Å². The number of ether oxygens (including phenoxy) is 2. The zero-order valence-electron chi connectivity index (χ0n) is 19.2. The molecule has 176 valence electrons. The number of H-pyrrole nitrogens is 1. The van der Waals surface area contributed by atoms with E-state index >= 15 is 0 Å². The number of hydrogen-bond acceptors (Lipinski definition) is 7. The highest BCUT2D eigenvalue weighted by molar-refractivity contribution is 6.03. The van der Waals surface area contributed by atoms with Crippen molar-refractivity contribution >= 4 is 27.9 Å². The molecule has 0 bridgehead atoms. The van der Waals surface area contributed by atoms with Crippen molar-refractivity contribution in [2.45, 2.75) is 25.9 Å². The van der Waals surface area contributed by atoms with Crippen LogP contribution in [0, 0.1) is 0 Å². The molecule has 0 saturated heterocycles. The lowest BCUT2D eigenvalue weighted by atomic mass is 10.1. The van der Waals surface area contributed by atoms with Crippen molar-refractivity contribution in [3.8, 4) is 17.2 Å². The number of hydrogen-bond donors (Lipinski definition) is 2. The quantitative estimate of drug-likeness (QED) is 0.390. The zero-order valence-corrected chi connectivity index (χ0v) is 19.2. The molecule has 1 aliphatic heterocycles. The lowest BCUT2D eigenvalue weighted by molar-refractivity contribution is 0.0996. The van der Waals surface area contributed by atoms with Gasteiger partial charge in [0.25, 0.3) is 5.56 Å². The second-order valence-corrected chi connectivity index (χ2v) is 8.46. The minimum Gasteiger partial charge on any atom is -0.486 e. The van der Waals surface area contributed by atoms with E-state index in [1.54, 1.807) is 10.8 Å². The van der Waals surface area contributed by atoms with Crippen LogP contribution in [0.2, 0.25) is 0 Å². The highest BCUT2D eigenvalue weighted by Crippen LogP contribution is 2.31. The summed E-state index contributed by atoms with van der Waals surface area (Å²) in [6, 6.07) is 17.1. The van der Waals surface area contributed by atoms with Crippen LogP contribution in [0.5, 0.6) is 11.5 Å². The fraction of sp³-hybridized carbons (Fsp3) is 0.231. The van der Waals surface area contributed by atoms with Crippen LogP contribution in [0.25, 0.3) is 27.6 Å². The summed E-state index contributed by atoms with van der Waals surface area (Å²) in [6.07, 6.45) is 3.15. The van der Waals surface area contributed by atoms with Gasteiger partial charge in [0.2, 0.25) is 5.95 Å². The van der Waals surface area contributed by atoms with Crippen molar-refractivity contribution in [2.24, 2.45) is 0 Å². The molecule has 0 amide bonds. The molecule has 0 fully saturated rings. The van der Waals surface area contributed by atoms with Crippen LogP contribution < -0.4 is 20.3 Å².